The van der Waals surface area contributed by atoms with Crippen LogP contribution < -0.4 is 10.9 Å². The Hall–Kier alpha value is -2.53. The molecule has 0 aliphatic carbocycles. The summed E-state index contributed by atoms with van der Waals surface area (Å²) >= 11 is 18.2. The fourth-order valence-corrected chi connectivity index (χ4v) is 3.92. The molecule has 0 bridgehead atoms. The Morgan fingerprint density at radius 1 is 0.941 bits per heavy atom. The van der Waals surface area contributed by atoms with Crippen LogP contribution in [-0.4, -0.2) is 27.8 Å². The number of nitrogens with zero attached hydrogens (tertiary/aromatic N) is 2. The van der Waals surface area contributed by atoms with Crippen LogP contribution in [0.5, 0.6) is 0 Å². The molecule has 34 heavy (non-hydrogen) atoms. The van der Waals surface area contributed by atoms with E-state index in [2.05, 4.69) is 4.98 Å². The third-order valence-electron chi connectivity index (χ3n) is 5.19. The lowest BCUT2D eigenvalue weighted by Crippen LogP contribution is -2.41. The monoisotopic (exact) mass is 512 g/mol. The molecule has 0 aliphatic rings. The minimum absolute atomic E-state index is 0.0856. The van der Waals surface area contributed by atoms with Gasteiger partial charge < -0.3 is 4.57 Å². The first kappa shape index (κ1) is 26.1. The van der Waals surface area contributed by atoms with Crippen molar-refractivity contribution in [2.24, 2.45) is 0 Å². The highest BCUT2D eigenvalue weighted by Crippen LogP contribution is 2.12. The van der Waals surface area contributed by atoms with Gasteiger partial charge in [-0.05, 0) is 49.6 Å². The Bertz CT molecular complexity index is 1120. The van der Waals surface area contributed by atoms with Crippen LogP contribution in [0.2, 0.25) is 16.4 Å². The number of para-hydroxylation sites is 1. The predicted octanol–water partition coefficient (Wildman–Crippen LogP) is 7.00. The Morgan fingerprint density at radius 3 is 2.06 bits per heavy atom. The third-order valence-corrected chi connectivity index (χ3v) is 6.15. The fourth-order valence-electron chi connectivity index (χ4n) is 3.42. The van der Waals surface area contributed by atoms with Gasteiger partial charge in [-0.2, -0.15) is 0 Å². The lowest BCUT2D eigenvalue weighted by molar-refractivity contribution is 0.369. The van der Waals surface area contributed by atoms with Gasteiger partial charge in [0.15, 0.2) is 0 Å². The molecule has 0 spiro atoms. The molecule has 0 aliphatic heterocycles. The normalized spacial score (nSPS) is 12.6. The average molecular weight is 514 g/mol. The summed E-state index contributed by atoms with van der Waals surface area (Å²) in [6, 6.07) is 25.6. The summed E-state index contributed by atoms with van der Waals surface area (Å²) < 4.78 is 15.1. The maximum atomic E-state index is 13.2. The summed E-state index contributed by atoms with van der Waals surface area (Å²) in [4.78, 5) is 3.96. The first-order valence-corrected chi connectivity index (χ1v) is 12.1. The summed E-state index contributed by atoms with van der Waals surface area (Å²) in [5.74, 6) is 0. The second-order valence-corrected chi connectivity index (χ2v) is 9.13. The number of alkyl halides is 2. The van der Waals surface area contributed by atoms with Crippen molar-refractivity contribution in [2.75, 3.05) is 0 Å². The van der Waals surface area contributed by atoms with Crippen LogP contribution in [-0.2, 0) is 0 Å². The second kappa shape index (κ2) is 13.4. The van der Waals surface area contributed by atoms with E-state index in [1.165, 1.54) is 6.92 Å². The Morgan fingerprint density at radius 2 is 1.56 bits per heavy atom. The van der Waals surface area contributed by atoms with Crippen molar-refractivity contribution in [2.45, 2.75) is 24.8 Å². The molecule has 3 aromatic carbocycles. The van der Waals surface area contributed by atoms with E-state index in [0.717, 1.165) is 16.6 Å². The molecule has 0 amide bonds. The maximum absolute atomic E-state index is 13.2. The maximum Gasteiger partial charge on any atom is 0.213 e. The van der Waals surface area contributed by atoms with Gasteiger partial charge in [0.1, 0.15) is 6.17 Å². The molecule has 7 heteroatoms. The molecule has 0 N–H and O–H groups in total. The zero-order chi connectivity index (χ0) is 24.3. The number of allylic oxidation sites excluding steroid dienone is 2. The molecule has 2 nitrogen and oxygen atoms in total. The van der Waals surface area contributed by atoms with Crippen LogP contribution in [0.3, 0.4) is 0 Å². The third kappa shape index (κ3) is 8.05. The molecular weight excluding hydrogens is 488 g/mol. The zero-order valence-electron chi connectivity index (χ0n) is 18.7. The van der Waals surface area contributed by atoms with Crippen LogP contribution in [0.1, 0.15) is 6.92 Å². The molecule has 0 saturated carbocycles. The van der Waals surface area contributed by atoms with Crippen molar-refractivity contribution >= 4 is 52.4 Å². The number of halogens is 4. The molecule has 4 aromatic rings. The van der Waals surface area contributed by atoms with Gasteiger partial charge in [-0.1, -0.05) is 88.7 Å². The van der Waals surface area contributed by atoms with Gasteiger partial charge in [0, 0.05) is 28.1 Å². The molecule has 2 atom stereocenters. The molecule has 4 rings (SSSR count). The zero-order valence-corrected chi connectivity index (χ0v) is 21.0. The standard InChI is InChI=1S/C18H17BCl3F.C9H8N2/c1-13(23)18(22)9-4-10-19(14-5-2-7-16(20)11-14)15-6-3-8-17(21)12-15;1-2-4-9(5-3-1)11-7-6-10-8-11/h2-9,11-13,18H,10H2,1H3;1-8H. The van der Waals surface area contributed by atoms with Gasteiger partial charge in [0.05, 0.1) is 11.7 Å². The quantitative estimate of drug-likeness (QED) is 0.148. The fraction of sp³-hybridized carbons (Fsp3) is 0.148. The van der Waals surface area contributed by atoms with E-state index in [-0.39, 0.29) is 6.71 Å². The number of hydrogen-bond donors (Lipinski definition) is 0. The van der Waals surface area contributed by atoms with Crippen LogP contribution in [0, 0.1) is 0 Å². The molecule has 174 valence electrons. The van der Waals surface area contributed by atoms with E-state index in [1.54, 1.807) is 18.6 Å². The first-order chi connectivity index (χ1) is 16.4. The van der Waals surface area contributed by atoms with Crippen molar-refractivity contribution in [3.05, 3.63) is 120 Å². The van der Waals surface area contributed by atoms with Gasteiger partial charge in [-0.15, -0.1) is 11.6 Å². The molecular formula is C27H25BCl3FN2. The number of aromatic nitrogens is 2. The van der Waals surface area contributed by atoms with Crippen molar-refractivity contribution in [3.8, 4) is 5.69 Å². The lowest BCUT2D eigenvalue weighted by atomic mass is 9.38. The van der Waals surface area contributed by atoms with Crippen molar-refractivity contribution in [3.63, 3.8) is 0 Å². The minimum Gasteiger partial charge on any atom is -0.306 e. The van der Waals surface area contributed by atoms with Gasteiger partial charge in [0.2, 0.25) is 6.71 Å². The molecule has 1 aromatic heterocycles. The van der Waals surface area contributed by atoms with E-state index < -0.39 is 11.5 Å². The molecule has 0 radical (unpaired) electrons. The summed E-state index contributed by atoms with van der Waals surface area (Å²) in [5.41, 5.74) is 3.32. The summed E-state index contributed by atoms with van der Waals surface area (Å²) in [6.45, 7) is 1.54. The Balaban J connectivity index is 0.000000243. The van der Waals surface area contributed by atoms with E-state index in [0.29, 0.717) is 16.4 Å². The van der Waals surface area contributed by atoms with E-state index in [4.69, 9.17) is 34.8 Å². The predicted molar refractivity (Wildman–Crippen MR) is 146 cm³/mol. The highest BCUT2D eigenvalue weighted by Gasteiger charge is 2.19. The first-order valence-electron chi connectivity index (χ1n) is 10.9. The van der Waals surface area contributed by atoms with E-state index in [1.807, 2.05) is 95.7 Å². The summed E-state index contributed by atoms with van der Waals surface area (Å²) in [5, 5.41) is 0.756. The smallest absolute Gasteiger partial charge is 0.213 e. The molecule has 2 unspecified atom stereocenters. The van der Waals surface area contributed by atoms with Gasteiger partial charge >= 0.3 is 0 Å². The van der Waals surface area contributed by atoms with Crippen molar-refractivity contribution < 1.29 is 4.39 Å². The van der Waals surface area contributed by atoms with Crippen LogP contribution in [0.4, 0.5) is 4.39 Å². The number of rotatable bonds is 7. The summed E-state index contributed by atoms with van der Waals surface area (Å²) in [6.07, 6.45) is 8.71. The highest BCUT2D eigenvalue weighted by molar-refractivity contribution is 6.85. The van der Waals surface area contributed by atoms with Crippen LogP contribution in [0.15, 0.2) is 110 Å². The van der Waals surface area contributed by atoms with E-state index >= 15 is 0 Å². The van der Waals surface area contributed by atoms with Crippen molar-refractivity contribution in [1.82, 2.24) is 9.55 Å². The van der Waals surface area contributed by atoms with Gasteiger partial charge in [0.25, 0.3) is 0 Å². The Labute approximate surface area is 216 Å². The lowest BCUT2D eigenvalue weighted by Gasteiger charge is -2.14. The van der Waals surface area contributed by atoms with Crippen LogP contribution in [0.25, 0.3) is 5.69 Å². The second-order valence-electron chi connectivity index (χ2n) is 7.75. The average Bonchev–Trinajstić information content (AvgIpc) is 3.38. The van der Waals surface area contributed by atoms with E-state index in [9.17, 15) is 4.39 Å². The number of hydrogen-bond acceptors (Lipinski definition) is 1. The highest BCUT2D eigenvalue weighted by atomic mass is 35.5. The summed E-state index contributed by atoms with van der Waals surface area (Å²) in [7, 11) is 0. The Kier molecular flexibility index (Phi) is 10.3. The van der Waals surface area contributed by atoms with Crippen molar-refractivity contribution in [1.29, 1.82) is 0 Å². The largest absolute Gasteiger partial charge is 0.306 e. The number of benzene rings is 3. The SMILES string of the molecule is CC(F)C(Cl)C=CCB(c1cccc(Cl)c1)c1cccc(Cl)c1.c1ccc(-n2ccnc2)cc1. The molecule has 1 heterocycles. The number of imidazole rings is 1. The minimum atomic E-state index is -1.08. The molecule has 0 saturated heterocycles. The van der Waals surface area contributed by atoms with Gasteiger partial charge in [-0.3, -0.25) is 0 Å². The van der Waals surface area contributed by atoms with Crippen LogP contribution >= 0.6 is 34.8 Å². The molecule has 0 fully saturated rings. The topological polar surface area (TPSA) is 17.8 Å². The van der Waals surface area contributed by atoms with Gasteiger partial charge in [-0.25, -0.2) is 9.37 Å².